The Labute approximate surface area is 209 Å². The van der Waals surface area contributed by atoms with Crippen LogP contribution >= 0.6 is 11.3 Å². The van der Waals surface area contributed by atoms with Gasteiger partial charge in [0, 0.05) is 34.8 Å². The second-order valence-corrected chi connectivity index (χ2v) is 11.9. The Balaban J connectivity index is 1.50. The van der Waals surface area contributed by atoms with Crippen LogP contribution in [0.5, 0.6) is 0 Å². The van der Waals surface area contributed by atoms with Crippen LogP contribution in [0.1, 0.15) is 51.7 Å². The lowest BCUT2D eigenvalue weighted by molar-refractivity contribution is -0.117. The number of hydrogen-bond acceptors (Lipinski definition) is 5. The van der Waals surface area contributed by atoms with Gasteiger partial charge in [-0.25, -0.2) is 8.42 Å². The minimum absolute atomic E-state index is 0.108. The number of aryl methyl sites for hydroxylation is 1. The number of hydrogen-bond donors (Lipinski definition) is 1. The summed E-state index contributed by atoms with van der Waals surface area (Å²) in [7, 11) is -3.59. The number of thiophene rings is 1. The average Bonchev–Trinajstić information content (AvgIpc) is 3.35. The molecule has 1 aromatic heterocycles. The standard InChI is InChI=1S/C26H27N3O4S2/c1-18-7-12-22-21(16-18)25(23-6-5-15-34-23)29(17-24(30)27-22)26(31)19-8-10-20(11-9-19)35(32,33)28-13-3-2-4-14-28/h5-12,15-16,25H,2-4,13-14,17H2,1H3,(H,27,30). The van der Waals surface area contributed by atoms with Gasteiger partial charge in [0.25, 0.3) is 5.91 Å². The molecule has 182 valence electrons. The fourth-order valence-corrected chi connectivity index (χ4v) is 7.13. The predicted molar refractivity (Wildman–Crippen MR) is 136 cm³/mol. The maximum atomic E-state index is 13.8. The molecule has 5 rings (SSSR count). The molecule has 1 N–H and O–H groups in total. The lowest BCUT2D eigenvalue weighted by Crippen LogP contribution is -2.38. The molecule has 1 fully saturated rings. The van der Waals surface area contributed by atoms with Crippen LogP contribution < -0.4 is 5.32 Å². The lowest BCUT2D eigenvalue weighted by atomic mass is 9.99. The van der Waals surface area contributed by atoms with E-state index in [-0.39, 0.29) is 23.3 Å². The van der Waals surface area contributed by atoms with Crippen molar-refractivity contribution in [3.05, 3.63) is 81.5 Å². The van der Waals surface area contributed by atoms with Gasteiger partial charge >= 0.3 is 0 Å². The second-order valence-electron chi connectivity index (χ2n) is 8.98. The highest BCUT2D eigenvalue weighted by Crippen LogP contribution is 2.39. The summed E-state index contributed by atoms with van der Waals surface area (Å²) in [6.45, 7) is 2.91. The van der Waals surface area contributed by atoms with Crippen molar-refractivity contribution in [1.29, 1.82) is 0 Å². The predicted octanol–water partition coefficient (Wildman–Crippen LogP) is 4.42. The Morgan fingerprint density at radius 3 is 2.46 bits per heavy atom. The van der Waals surface area contributed by atoms with Gasteiger partial charge < -0.3 is 10.2 Å². The molecule has 2 aromatic carbocycles. The second kappa shape index (κ2) is 9.56. The van der Waals surface area contributed by atoms with Crippen LogP contribution in [0.2, 0.25) is 0 Å². The van der Waals surface area contributed by atoms with Crippen molar-refractivity contribution in [2.24, 2.45) is 0 Å². The number of benzene rings is 2. The van der Waals surface area contributed by atoms with Crippen LogP contribution in [0.25, 0.3) is 0 Å². The summed E-state index contributed by atoms with van der Waals surface area (Å²) in [5.74, 6) is -0.596. The van der Waals surface area contributed by atoms with Crippen LogP contribution in [-0.4, -0.2) is 49.1 Å². The molecule has 3 aromatic rings. The number of sulfonamides is 1. The minimum atomic E-state index is -3.59. The molecule has 2 aliphatic rings. The van der Waals surface area contributed by atoms with Gasteiger partial charge in [0.2, 0.25) is 15.9 Å². The largest absolute Gasteiger partial charge is 0.324 e. The Bertz CT molecular complexity index is 1350. The zero-order chi connectivity index (χ0) is 24.6. The van der Waals surface area contributed by atoms with Gasteiger partial charge in [-0.3, -0.25) is 9.59 Å². The molecule has 0 aliphatic carbocycles. The van der Waals surface area contributed by atoms with Crippen molar-refractivity contribution in [2.75, 3.05) is 25.0 Å². The number of nitrogens with zero attached hydrogens (tertiary/aromatic N) is 2. The highest BCUT2D eigenvalue weighted by molar-refractivity contribution is 7.89. The van der Waals surface area contributed by atoms with Crippen LogP contribution in [0.3, 0.4) is 0 Å². The van der Waals surface area contributed by atoms with Crippen molar-refractivity contribution in [3.63, 3.8) is 0 Å². The van der Waals surface area contributed by atoms with Crippen molar-refractivity contribution in [3.8, 4) is 0 Å². The first kappa shape index (κ1) is 23.7. The van der Waals surface area contributed by atoms with E-state index in [1.54, 1.807) is 17.0 Å². The van der Waals surface area contributed by atoms with Gasteiger partial charge in [0.1, 0.15) is 6.54 Å². The first-order chi connectivity index (χ1) is 16.8. The van der Waals surface area contributed by atoms with Crippen LogP contribution in [0.4, 0.5) is 5.69 Å². The number of anilines is 1. The van der Waals surface area contributed by atoms with Gasteiger partial charge in [0.15, 0.2) is 0 Å². The van der Waals surface area contributed by atoms with E-state index < -0.39 is 16.1 Å². The lowest BCUT2D eigenvalue weighted by Gasteiger charge is -2.30. The summed E-state index contributed by atoms with van der Waals surface area (Å²) in [5, 5.41) is 4.88. The number of nitrogens with one attached hydrogen (secondary N) is 1. The number of carbonyl (C=O) groups excluding carboxylic acids is 2. The average molecular weight is 510 g/mol. The first-order valence-corrected chi connectivity index (χ1v) is 14.0. The van der Waals surface area contributed by atoms with Crippen molar-refractivity contribution >= 4 is 38.9 Å². The van der Waals surface area contributed by atoms with Crippen molar-refractivity contribution < 1.29 is 18.0 Å². The van der Waals surface area contributed by atoms with E-state index >= 15 is 0 Å². The minimum Gasteiger partial charge on any atom is -0.324 e. The van der Waals surface area contributed by atoms with Gasteiger partial charge in [-0.1, -0.05) is 30.2 Å². The Morgan fingerprint density at radius 1 is 1.03 bits per heavy atom. The molecule has 3 heterocycles. The molecule has 0 spiro atoms. The zero-order valence-electron chi connectivity index (χ0n) is 19.4. The molecule has 2 aliphatic heterocycles. The first-order valence-electron chi connectivity index (χ1n) is 11.7. The van der Waals surface area contributed by atoms with Crippen molar-refractivity contribution in [2.45, 2.75) is 37.1 Å². The SMILES string of the molecule is Cc1ccc2c(c1)C(c1cccs1)N(C(=O)c1ccc(S(=O)(=O)N3CCCCC3)cc1)CC(=O)N2. The van der Waals surface area contributed by atoms with Crippen LogP contribution in [0, 0.1) is 6.92 Å². The highest BCUT2D eigenvalue weighted by Gasteiger charge is 2.35. The highest BCUT2D eigenvalue weighted by atomic mass is 32.2. The number of piperidine rings is 1. The topological polar surface area (TPSA) is 86.8 Å². The third-order valence-electron chi connectivity index (χ3n) is 6.53. The summed E-state index contributed by atoms with van der Waals surface area (Å²) in [6, 6.07) is 15.3. The van der Waals surface area contributed by atoms with Gasteiger partial charge in [-0.2, -0.15) is 4.31 Å². The smallest absolute Gasteiger partial charge is 0.255 e. The Morgan fingerprint density at radius 2 is 1.77 bits per heavy atom. The zero-order valence-corrected chi connectivity index (χ0v) is 21.1. The molecule has 0 bridgehead atoms. The normalized spacial score (nSPS) is 19.1. The molecule has 35 heavy (non-hydrogen) atoms. The van der Waals surface area contributed by atoms with E-state index in [9.17, 15) is 18.0 Å². The van der Waals surface area contributed by atoms with Crippen LogP contribution in [-0.2, 0) is 14.8 Å². The molecule has 0 saturated carbocycles. The molecule has 1 saturated heterocycles. The van der Waals surface area contributed by atoms with E-state index in [4.69, 9.17) is 0 Å². The number of rotatable bonds is 4. The van der Waals surface area contributed by atoms with Crippen molar-refractivity contribution in [1.82, 2.24) is 9.21 Å². The number of fused-ring (bicyclic) bond motifs is 1. The number of amides is 2. The van der Waals surface area contributed by atoms with E-state index in [1.165, 1.54) is 27.8 Å². The molecule has 9 heteroatoms. The van der Waals surface area contributed by atoms with E-state index in [0.29, 0.717) is 24.3 Å². The Hall–Kier alpha value is -3.01. The fourth-order valence-electron chi connectivity index (χ4n) is 4.76. The molecule has 7 nitrogen and oxygen atoms in total. The molecular weight excluding hydrogens is 482 g/mol. The summed E-state index contributed by atoms with van der Waals surface area (Å²) in [4.78, 5) is 29.2. The quantitative estimate of drug-likeness (QED) is 0.564. The maximum absolute atomic E-state index is 13.8. The van der Waals surface area contributed by atoms with E-state index in [0.717, 1.165) is 35.3 Å². The van der Waals surface area contributed by atoms with Gasteiger partial charge in [-0.05, 0) is 61.5 Å². The molecular formula is C26H27N3O4S2. The molecule has 1 atom stereocenters. The monoisotopic (exact) mass is 509 g/mol. The third-order valence-corrected chi connectivity index (χ3v) is 9.37. The van der Waals surface area contributed by atoms with E-state index in [1.807, 2.05) is 42.6 Å². The van der Waals surface area contributed by atoms with Gasteiger partial charge in [-0.15, -0.1) is 11.3 Å². The number of carbonyl (C=O) groups is 2. The molecule has 0 radical (unpaired) electrons. The van der Waals surface area contributed by atoms with Crippen LogP contribution in [0.15, 0.2) is 64.9 Å². The molecule has 2 amide bonds. The summed E-state index contributed by atoms with van der Waals surface area (Å²) in [5.41, 5.74) is 2.92. The maximum Gasteiger partial charge on any atom is 0.255 e. The summed E-state index contributed by atoms with van der Waals surface area (Å²) in [6.07, 6.45) is 2.76. The third kappa shape index (κ3) is 4.63. The molecule has 1 unspecified atom stereocenters. The summed E-state index contributed by atoms with van der Waals surface area (Å²) < 4.78 is 27.5. The summed E-state index contributed by atoms with van der Waals surface area (Å²) >= 11 is 1.53. The van der Waals surface area contributed by atoms with Gasteiger partial charge in [0.05, 0.1) is 10.9 Å². The fraction of sp³-hybridized carbons (Fsp3) is 0.308. The van der Waals surface area contributed by atoms with E-state index in [2.05, 4.69) is 5.32 Å². The Kier molecular flexibility index (Phi) is 6.48.